The first kappa shape index (κ1) is 18.1. The molecule has 28 heavy (non-hydrogen) atoms. The molecule has 4 saturated carbocycles. The maximum Gasteiger partial charge on any atom is 0.115 e. The molecule has 2 unspecified atom stereocenters. The SMILES string of the molecule is CCC12CC3CC(c4ccc(O)cc4C)(C1)CC(c1ccc(O)cc1C)(C3)C2. The molecule has 0 spiro atoms. The van der Waals surface area contributed by atoms with Crippen molar-refractivity contribution in [2.24, 2.45) is 11.3 Å². The van der Waals surface area contributed by atoms with Crippen LogP contribution in [0.2, 0.25) is 0 Å². The molecule has 4 bridgehead atoms. The van der Waals surface area contributed by atoms with Crippen molar-refractivity contribution in [3.8, 4) is 11.5 Å². The summed E-state index contributed by atoms with van der Waals surface area (Å²) in [7, 11) is 0. The molecule has 0 aliphatic heterocycles. The first-order chi connectivity index (χ1) is 13.3. The molecular formula is C26H32O2. The van der Waals surface area contributed by atoms with E-state index in [1.807, 2.05) is 24.3 Å². The Morgan fingerprint density at radius 1 is 0.786 bits per heavy atom. The summed E-state index contributed by atoms with van der Waals surface area (Å²) in [4.78, 5) is 0. The first-order valence-electron chi connectivity index (χ1n) is 10.9. The van der Waals surface area contributed by atoms with Crippen molar-refractivity contribution in [2.75, 3.05) is 0 Å². The Kier molecular flexibility index (Phi) is 3.73. The van der Waals surface area contributed by atoms with E-state index in [2.05, 4.69) is 32.9 Å². The van der Waals surface area contributed by atoms with E-state index >= 15 is 0 Å². The smallest absolute Gasteiger partial charge is 0.115 e. The minimum Gasteiger partial charge on any atom is -0.508 e. The van der Waals surface area contributed by atoms with Crippen LogP contribution < -0.4 is 0 Å². The second kappa shape index (κ2) is 5.78. The van der Waals surface area contributed by atoms with E-state index in [1.165, 1.54) is 67.2 Å². The van der Waals surface area contributed by atoms with E-state index in [4.69, 9.17) is 0 Å². The normalized spacial score (nSPS) is 36.0. The Balaban J connectivity index is 1.69. The molecule has 0 amide bonds. The maximum atomic E-state index is 9.98. The first-order valence-corrected chi connectivity index (χ1v) is 10.9. The van der Waals surface area contributed by atoms with Gasteiger partial charge < -0.3 is 10.2 Å². The summed E-state index contributed by atoms with van der Waals surface area (Å²) in [5.74, 6) is 1.53. The molecule has 2 atom stereocenters. The van der Waals surface area contributed by atoms with Gasteiger partial charge in [-0.2, -0.15) is 0 Å². The van der Waals surface area contributed by atoms with Crippen molar-refractivity contribution in [1.29, 1.82) is 0 Å². The number of hydrogen-bond donors (Lipinski definition) is 2. The Bertz CT molecular complexity index is 876. The van der Waals surface area contributed by atoms with Gasteiger partial charge in [0.15, 0.2) is 0 Å². The van der Waals surface area contributed by atoms with Crippen LogP contribution in [-0.4, -0.2) is 10.2 Å². The van der Waals surface area contributed by atoms with E-state index in [0.29, 0.717) is 16.9 Å². The van der Waals surface area contributed by atoms with Gasteiger partial charge in [-0.1, -0.05) is 25.5 Å². The molecule has 2 aromatic rings. The average molecular weight is 377 g/mol. The van der Waals surface area contributed by atoms with Crippen LogP contribution in [0.4, 0.5) is 0 Å². The Morgan fingerprint density at radius 2 is 1.29 bits per heavy atom. The summed E-state index contributed by atoms with van der Waals surface area (Å²) in [6.07, 6.45) is 8.99. The molecule has 0 radical (unpaired) electrons. The molecule has 0 aromatic heterocycles. The lowest BCUT2D eigenvalue weighted by Gasteiger charge is -2.67. The van der Waals surface area contributed by atoms with Crippen molar-refractivity contribution in [3.05, 3.63) is 58.7 Å². The molecule has 6 rings (SSSR count). The standard InChI is InChI=1S/C26H32O2/c1-4-24-11-19-12-25(14-24,22-7-5-20(27)9-17(22)2)16-26(13-19,15-24)23-8-6-21(28)10-18(23)3/h5-10,19,27-28H,4,11-16H2,1-3H3. The van der Waals surface area contributed by atoms with Gasteiger partial charge in [-0.25, -0.2) is 0 Å². The van der Waals surface area contributed by atoms with Crippen LogP contribution >= 0.6 is 0 Å². The van der Waals surface area contributed by atoms with E-state index in [1.54, 1.807) is 0 Å². The van der Waals surface area contributed by atoms with Crippen molar-refractivity contribution >= 4 is 0 Å². The molecule has 2 aromatic carbocycles. The predicted molar refractivity (Wildman–Crippen MR) is 113 cm³/mol. The van der Waals surface area contributed by atoms with Crippen molar-refractivity contribution < 1.29 is 10.2 Å². The highest BCUT2D eigenvalue weighted by Gasteiger charge is 2.63. The van der Waals surface area contributed by atoms with Crippen LogP contribution in [0.5, 0.6) is 11.5 Å². The maximum absolute atomic E-state index is 9.98. The van der Waals surface area contributed by atoms with Gasteiger partial charge in [0.25, 0.3) is 0 Å². The zero-order chi connectivity index (χ0) is 19.7. The highest BCUT2D eigenvalue weighted by Crippen LogP contribution is 2.71. The zero-order valence-corrected chi connectivity index (χ0v) is 17.4. The molecule has 148 valence electrons. The zero-order valence-electron chi connectivity index (χ0n) is 17.4. The molecule has 2 nitrogen and oxygen atoms in total. The summed E-state index contributed by atoms with van der Waals surface area (Å²) in [6.45, 7) is 6.73. The number of aromatic hydroxyl groups is 2. The van der Waals surface area contributed by atoms with Crippen LogP contribution in [0.3, 0.4) is 0 Å². The predicted octanol–water partition coefficient (Wildman–Crippen LogP) is 6.28. The average Bonchev–Trinajstić information content (AvgIpc) is 2.60. The van der Waals surface area contributed by atoms with Gasteiger partial charge in [-0.15, -0.1) is 0 Å². The summed E-state index contributed by atoms with van der Waals surface area (Å²) in [6, 6.07) is 12.1. The van der Waals surface area contributed by atoms with Crippen LogP contribution in [-0.2, 0) is 10.8 Å². The second-order valence-electron chi connectivity index (χ2n) is 10.4. The lowest BCUT2D eigenvalue weighted by atomic mass is 9.37. The molecule has 0 saturated heterocycles. The molecule has 0 heterocycles. The lowest BCUT2D eigenvalue weighted by molar-refractivity contribution is -0.0923. The number of aryl methyl sites for hydroxylation is 2. The van der Waals surface area contributed by atoms with Crippen molar-refractivity contribution in [1.82, 2.24) is 0 Å². The highest BCUT2D eigenvalue weighted by atomic mass is 16.3. The fraction of sp³-hybridized carbons (Fsp3) is 0.538. The summed E-state index contributed by atoms with van der Waals surface area (Å²) in [5.41, 5.74) is 6.28. The van der Waals surface area contributed by atoms with E-state index < -0.39 is 0 Å². The fourth-order valence-electron chi connectivity index (χ4n) is 8.12. The van der Waals surface area contributed by atoms with Gasteiger partial charge in [0.2, 0.25) is 0 Å². The van der Waals surface area contributed by atoms with Gasteiger partial charge in [0.1, 0.15) is 11.5 Å². The molecule has 2 heteroatoms. The number of rotatable bonds is 3. The van der Waals surface area contributed by atoms with E-state index in [-0.39, 0.29) is 10.8 Å². The Morgan fingerprint density at radius 3 is 1.71 bits per heavy atom. The number of hydrogen-bond acceptors (Lipinski definition) is 2. The molecule has 2 N–H and O–H groups in total. The minimum absolute atomic E-state index is 0.220. The topological polar surface area (TPSA) is 40.5 Å². The van der Waals surface area contributed by atoms with Crippen LogP contribution in [0, 0.1) is 25.2 Å². The third kappa shape index (κ3) is 2.46. The van der Waals surface area contributed by atoms with Crippen LogP contribution in [0.25, 0.3) is 0 Å². The van der Waals surface area contributed by atoms with Crippen LogP contribution in [0.1, 0.15) is 74.1 Å². The quantitative estimate of drug-likeness (QED) is 0.661. The minimum atomic E-state index is 0.220. The van der Waals surface area contributed by atoms with Gasteiger partial charge in [0.05, 0.1) is 0 Å². The van der Waals surface area contributed by atoms with Gasteiger partial charge >= 0.3 is 0 Å². The largest absolute Gasteiger partial charge is 0.508 e. The summed E-state index contributed by atoms with van der Waals surface area (Å²) >= 11 is 0. The monoisotopic (exact) mass is 376 g/mol. The molecule has 4 aliphatic carbocycles. The summed E-state index contributed by atoms with van der Waals surface area (Å²) < 4.78 is 0. The van der Waals surface area contributed by atoms with Crippen molar-refractivity contribution in [3.63, 3.8) is 0 Å². The number of benzene rings is 2. The molecule has 4 fully saturated rings. The third-order valence-electron chi connectivity index (χ3n) is 8.50. The molecular weight excluding hydrogens is 344 g/mol. The Hall–Kier alpha value is -1.96. The Labute approximate surface area is 168 Å². The lowest BCUT2D eigenvalue weighted by Crippen LogP contribution is -2.60. The van der Waals surface area contributed by atoms with E-state index in [0.717, 1.165) is 5.92 Å². The number of phenolic OH excluding ortho intramolecular Hbond substituents is 2. The van der Waals surface area contributed by atoms with Gasteiger partial charge in [-0.3, -0.25) is 0 Å². The van der Waals surface area contributed by atoms with E-state index in [9.17, 15) is 10.2 Å². The highest BCUT2D eigenvalue weighted by molar-refractivity contribution is 5.46. The number of phenols is 2. The summed E-state index contributed by atoms with van der Waals surface area (Å²) in [5, 5.41) is 20.0. The molecule has 4 aliphatic rings. The fourth-order valence-corrected chi connectivity index (χ4v) is 8.12. The van der Waals surface area contributed by atoms with Gasteiger partial charge in [0, 0.05) is 0 Å². The third-order valence-corrected chi connectivity index (χ3v) is 8.50. The second-order valence-corrected chi connectivity index (χ2v) is 10.4. The van der Waals surface area contributed by atoms with Crippen LogP contribution in [0.15, 0.2) is 36.4 Å². The van der Waals surface area contributed by atoms with Crippen molar-refractivity contribution in [2.45, 2.75) is 76.5 Å². The van der Waals surface area contributed by atoms with Gasteiger partial charge in [-0.05, 0) is 121 Å².